The minimum atomic E-state index is -0.559. The summed E-state index contributed by atoms with van der Waals surface area (Å²) < 4.78 is 12.0. The molecule has 0 aliphatic heterocycles. The van der Waals surface area contributed by atoms with Crippen molar-refractivity contribution < 1.29 is 19.1 Å². The molecule has 1 fully saturated rings. The lowest BCUT2D eigenvalue weighted by atomic mass is 9.91. The van der Waals surface area contributed by atoms with Gasteiger partial charge in [-0.15, -0.1) is 0 Å². The molecular weight excluding hydrogens is 419 g/mol. The first-order valence-electron chi connectivity index (χ1n) is 8.42. The van der Waals surface area contributed by atoms with Crippen molar-refractivity contribution in [2.75, 3.05) is 0 Å². The zero-order valence-corrected chi connectivity index (χ0v) is 16.9. The highest BCUT2D eigenvalue weighted by Crippen LogP contribution is 2.34. The second kappa shape index (κ2) is 7.42. The van der Waals surface area contributed by atoms with E-state index in [0.717, 1.165) is 29.3 Å². The molecule has 24 heavy (non-hydrogen) atoms. The summed E-state index contributed by atoms with van der Waals surface area (Å²) in [4.78, 5) is 24.7. The topological polar surface area (TPSA) is 52.6 Å². The molecule has 1 aromatic rings. The Labute approximate surface area is 157 Å². The van der Waals surface area contributed by atoms with E-state index in [0.29, 0.717) is 17.7 Å². The van der Waals surface area contributed by atoms with E-state index < -0.39 is 5.41 Å². The average molecular weight is 444 g/mol. The number of ether oxygens (including phenoxy) is 2. The fourth-order valence-electron chi connectivity index (χ4n) is 2.60. The Morgan fingerprint density at radius 2 is 1.88 bits per heavy atom. The predicted octanol–water partition coefficient (Wildman–Crippen LogP) is 5.12. The van der Waals surface area contributed by atoms with E-state index >= 15 is 0 Å². The summed E-state index contributed by atoms with van der Waals surface area (Å²) in [7, 11) is 0. The van der Waals surface area contributed by atoms with Gasteiger partial charge in [-0.2, -0.15) is 0 Å². The van der Waals surface area contributed by atoms with Crippen LogP contribution in [0.2, 0.25) is 0 Å². The number of hydrogen-bond acceptors (Lipinski definition) is 4. The van der Waals surface area contributed by atoms with Gasteiger partial charge >= 0.3 is 11.9 Å². The quantitative estimate of drug-likeness (QED) is 0.359. The van der Waals surface area contributed by atoms with Gasteiger partial charge in [-0.05, 0) is 93.7 Å². The minimum absolute atomic E-state index is 0.295. The van der Waals surface area contributed by atoms with Crippen LogP contribution in [0.4, 0.5) is 0 Å². The second-order valence-corrected chi connectivity index (χ2v) is 8.48. The summed E-state index contributed by atoms with van der Waals surface area (Å²) in [5, 5.41) is 0. The summed E-state index contributed by atoms with van der Waals surface area (Å²) >= 11 is 2.10. The molecular formula is C19H25IO4. The van der Waals surface area contributed by atoms with Crippen LogP contribution in [0.1, 0.15) is 70.2 Å². The van der Waals surface area contributed by atoms with Crippen LogP contribution in [0.3, 0.4) is 0 Å². The first-order valence-corrected chi connectivity index (χ1v) is 9.50. The summed E-state index contributed by atoms with van der Waals surface area (Å²) in [5.74, 6) is -0.243. The van der Waals surface area contributed by atoms with Crippen molar-refractivity contribution in [2.45, 2.75) is 65.4 Å². The number of benzene rings is 1. The van der Waals surface area contributed by atoms with Crippen LogP contribution in [0.5, 0.6) is 5.75 Å². The Morgan fingerprint density at radius 1 is 1.25 bits per heavy atom. The fourth-order valence-corrected chi connectivity index (χ4v) is 3.04. The van der Waals surface area contributed by atoms with Gasteiger partial charge in [0.05, 0.1) is 14.5 Å². The van der Waals surface area contributed by atoms with E-state index in [4.69, 9.17) is 9.47 Å². The van der Waals surface area contributed by atoms with Gasteiger partial charge in [-0.3, -0.25) is 4.79 Å². The first kappa shape index (κ1) is 19.2. The molecule has 132 valence electrons. The minimum Gasteiger partial charge on any atom is -0.456 e. The lowest BCUT2D eigenvalue weighted by Gasteiger charge is -2.24. The number of hydrogen-bond donors (Lipinski definition) is 0. The lowest BCUT2D eigenvalue weighted by Crippen LogP contribution is -2.29. The number of esters is 2. The molecule has 2 rings (SSSR count). The van der Waals surface area contributed by atoms with Gasteiger partial charge in [0, 0.05) is 0 Å². The van der Waals surface area contributed by atoms with Crippen molar-refractivity contribution in [3.8, 4) is 5.75 Å². The number of halogens is 1. The lowest BCUT2D eigenvalue weighted by molar-refractivity contribution is -0.144. The smallest absolute Gasteiger partial charge is 0.338 e. The molecule has 1 aliphatic carbocycles. The molecule has 0 bridgehead atoms. The zero-order chi connectivity index (χ0) is 18.0. The van der Waals surface area contributed by atoms with Gasteiger partial charge in [-0.25, -0.2) is 4.79 Å². The molecule has 0 spiro atoms. The molecule has 0 heterocycles. The molecule has 1 aromatic carbocycles. The Balaban J connectivity index is 2.16. The molecule has 0 amide bonds. The van der Waals surface area contributed by atoms with E-state index in [1.54, 1.807) is 18.2 Å². The summed E-state index contributed by atoms with van der Waals surface area (Å²) in [6.45, 7) is 7.63. The number of carbonyl (C=O) groups is 2. The third kappa shape index (κ3) is 4.49. The highest BCUT2D eigenvalue weighted by atomic mass is 127. The standard InChI is InChI=1S/C19H25IO4/c1-5-18(2,3)17(22)23-15-12-13(8-9-14(15)20)16(21)24-19(4)10-6-7-11-19/h8-9,12H,5-7,10-11H2,1-4H3. The molecule has 1 saturated carbocycles. The summed E-state index contributed by atoms with van der Waals surface area (Å²) in [5.41, 5.74) is -0.515. The second-order valence-electron chi connectivity index (χ2n) is 7.32. The summed E-state index contributed by atoms with van der Waals surface area (Å²) in [6.07, 6.45) is 4.66. The normalized spacial score (nSPS) is 16.7. The van der Waals surface area contributed by atoms with Crippen LogP contribution in [0.25, 0.3) is 0 Å². The monoisotopic (exact) mass is 444 g/mol. The molecule has 1 aliphatic rings. The van der Waals surface area contributed by atoms with E-state index in [-0.39, 0.29) is 17.5 Å². The molecule has 4 nitrogen and oxygen atoms in total. The van der Waals surface area contributed by atoms with Crippen molar-refractivity contribution in [1.29, 1.82) is 0 Å². The first-order chi connectivity index (χ1) is 11.2. The third-order valence-electron chi connectivity index (χ3n) is 4.81. The van der Waals surface area contributed by atoms with Crippen LogP contribution < -0.4 is 4.74 Å². The van der Waals surface area contributed by atoms with Gasteiger partial charge in [-0.1, -0.05) is 6.92 Å². The highest BCUT2D eigenvalue weighted by Gasteiger charge is 2.33. The van der Waals surface area contributed by atoms with Crippen LogP contribution in [-0.4, -0.2) is 17.5 Å². The molecule has 0 atom stereocenters. The Hall–Kier alpha value is -1.11. The average Bonchev–Trinajstić information content (AvgIpc) is 2.95. The molecule has 0 radical (unpaired) electrons. The third-order valence-corrected chi connectivity index (χ3v) is 5.70. The number of carbonyl (C=O) groups excluding carboxylic acids is 2. The number of rotatable bonds is 5. The highest BCUT2D eigenvalue weighted by molar-refractivity contribution is 14.1. The van der Waals surface area contributed by atoms with E-state index in [1.165, 1.54) is 0 Å². The van der Waals surface area contributed by atoms with Crippen molar-refractivity contribution in [3.05, 3.63) is 27.3 Å². The van der Waals surface area contributed by atoms with Crippen molar-refractivity contribution in [2.24, 2.45) is 5.41 Å². The molecule has 5 heteroatoms. The van der Waals surface area contributed by atoms with Crippen LogP contribution in [0.15, 0.2) is 18.2 Å². The maximum Gasteiger partial charge on any atom is 0.338 e. The molecule has 0 aromatic heterocycles. The van der Waals surface area contributed by atoms with Crippen LogP contribution >= 0.6 is 22.6 Å². The van der Waals surface area contributed by atoms with E-state index in [2.05, 4.69) is 22.6 Å². The van der Waals surface area contributed by atoms with Gasteiger partial charge in [0.2, 0.25) is 0 Å². The van der Waals surface area contributed by atoms with Crippen molar-refractivity contribution >= 4 is 34.5 Å². The zero-order valence-electron chi connectivity index (χ0n) is 14.8. The van der Waals surface area contributed by atoms with Gasteiger partial charge < -0.3 is 9.47 Å². The Bertz CT molecular complexity index is 630. The van der Waals surface area contributed by atoms with Gasteiger partial charge in [0.1, 0.15) is 11.4 Å². The van der Waals surface area contributed by atoms with E-state index in [9.17, 15) is 9.59 Å². The maximum atomic E-state index is 12.4. The summed E-state index contributed by atoms with van der Waals surface area (Å²) in [6, 6.07) is 5.09. The van der Waals surface area contributed by atoms with Gasteiger partial charge in [0.25, 0.3) is 0 Å². The predicted molar refractivity (Wildman–Crippen MR) is 101 cm³/mol. The largest absolute Gasteiger partial charge is 0.456 e. The van der Waals surface area contributed by atoms with Gasteiger partial charge in [0.15, 0.2) is 0 Å². The molecule has 0 N–H and O–H groups in total. The molecule has 0 unspecified atom stereocenters. The van der Waals surface area contributed by atoms with Crippen molar-refractivity contribution in [1.82, 2.24) is 0 Å². The SMILES string of the molecule is CCC(C)(C)C(=O)Oc1cc(C(=O)OC2(C)CCCC2)ccc1I. The van der Waals surface area contributed by atoms with Crippen molar-refractivity contribution in [3.63, 3.8) is 0 Å². The van der Waals surface area contributed by atoms with E-state index in [1.807, 2.05) is 27.7 Å². The molecule has 0 saturated heterocycles. The Kier molecular flexibility index (Phi) is 5.94. The van der Waals surface area contributed by atoms with Crippen LogP contribution in [-0.2, 0) is 9.53 Å². The fraction of sp³-hybridized carbons (Fsp3) is 0.579. The Morgan fingerprint density at radius 3 is 2.46 bits per heavy atom. The van der Waals surface area contributed by atoms with Crippen LogP contribution in [0, 0.1) is 8.99 Å². The maximum absolute atomic E-state index is 12.4.